The first-order valence-corrected chi connectivity index (χ1v) is 7.06. The number of rotatable bonds is 2. The first kappa shape index (κ1) is 12.9. The highest BCUT2D eigenvalue weighted by molar-refractivity contribution is 7.91. The summed E-state index contributed by atoms with van der Waals surface area (Å²) in [6.45, 7) is 3.52. The predicted molar refractivity (Wildman–Crippen MR) is 62.8 cm³/mol. The summed E-state index contributed by atoms with van der Waals surface area (Å²) in [6, 6.07) is 0. The van der Waals surface area contributed by atoms with Crippen LogP contribution in [0, 0.1) is 0 Å². The number of hydrogen-bond donors (Lipinski definition) is 1. The number of amides is 1. The highest BCUT2D eigenvalue weighted by atomic mass is 32.2. The summed E-state index contributed by atoms with van der Waals surface area (Å²) in [7, 11) is -1.83. The van der Waals surface area contributed by atoms with Crippen LogP contribution in [-0.2, 0) is 30.0 Å². The second kappa shape index (κ2) is 3.98. The zero-order valence-corrected chi connectivity index (χ0v) is 11.2. The van der Waals surface area contributed by atoms with Crippen LogP contribution in [-0.4, -0.2) is 39.3 Å². The van der Waals surface area contributed by atoms with Crippen LogP contribution in [0.15, 0.2) is 5.16 Å². The predicted octanol–water partition coefficient (Wildman–Crippen LogP) is 0.596. The Morgan fingerprint density at radius 3 is 2.44 bits per heavy atom. The number of nitrogens with zero attached hydrogens (tertiary/aromatic N) is 3. The fourth-order valence-electron chi connectivity index (χ4n) is 1.91. The smallest absolute Gasteiger partial charge is 0.408 e. The van der Waals surface area contributed by atoms with Gasteiger partial charge in [-0.3, -0.25) is 4.90 Å². The molecule has 1 aliphatic heterocycles. The van der Waals surface area contributed by atoms with Crippen LogP contribution in [0.1, 0.15) is 25.2 Å². The molecule has 0 radical (unpaired) electrons. The van der Waals surface area contributed by atoms with E-state index in [1.165, 1.54) is 9.47 Å². The van der Waals surface area contributed by atoms with Gasteiger partial charge in [-0.15, -0.1) is 0 Å². The largest absolute Gasteiger partial charge is 0.465 e. The summed E-state index contributed by atoms with van der Waals surface area (Å²) < 4.78 is 25.6. The summed E-state index contributed by atoms with van der Waals surface area (Å²) in [6.07, 6.45) is -1.03. The van der Waals surface area contributed by atoms with E-state index >= 15 is 0 Å². The van der Waals surface area contributed by atoms with Gasteiger partial charge in [-0.2, -0.15) is 0 Å². The Hall–Kier alpha value is -1.57. The molecule has 18 heavy (non-hydrogen) atoms. The molecule has 8 heteroatoms. The average Bonchev–Trinajstić information content (AvgIpc) is 2.78. The van der Waals surface area contributed by atoms with E-state index in [0.717, 1.165) is 0 Å². The molecule has 1 aromatic heterocycles. The van der Waals surface area contributed by atoms with E-state index in [1.54, 1.807) is 20.9 Å². The van der Waals surface area contributed by atoms with E-state index in [4.69, 9.17) is 5.11 Å². The van der Waals surface area contributed by atoms with E-state index in [2.05, 4.69) is 4.98 Å². The van der Waals surface area contributed by atoms with Crippen molar-refractivity contribution in [2.45, 2.75) is 37.3 Å². The molecule has 1 aromatic rings. The van der Waals surface area contributed by atoms with E-state index < -0.39 is 21.2 Å². The van der Waals surface area contributed by atoms with Gasteiger partial charge in [-0.1, -0.05) is 0 Å². The molecular weight excluding hydrogens is 258 g/mol. The Morgan fingerprint density at radius 2 is 2.00 bits per heavy atom. The normalized spacial score (nSPS) is 15.2. The van der Waals surface area contributed by atoms with E-state index in [1.807, 2.05) is 0 Å². The van der Waals surface area contributed by atoms with Crippen LogP contribution in [0.5, 0.6) is 0 Å². The van der Waals surface area contributed by atoms with Gasteiger partial charge in [-0.05, 0) is 13.8 Å². The molecule has 2 heterocycles. The Bertz CT molecular complexity index is 603. The highest BCUT2D eigenvalue weighted by Gasteiger charge is 2.33. The Labute approximate surface area is 105 Å². The molecule has 0 aromatic carbocycles. The third kappa shape index (κ3) is 1.76. The second-order valence-corrected chi connectivity index (χ2v) is 6.98. The van der Waals surface area contributed by atoms with Gasteiger partial charge in [0.1, 0.15) is 0 Å². The molecule has 100 valence electrons. The lowest BCUT2D eigenvalue weighted by atomic mass is 10.4. The topological polar surface area (TPSA) is 92.5 Å². The maximum absolute atomic E-state index is 12.1. The third-order valence-corrected chi connectivity index (χ3v) is 5.20. The van der Waals surface area contributed by atoms with Crippen molar-refractivity contribution in [1.82, 2.24) is 14.5 Å². The third-order valence-electron chi connectivity index (χ3n) is 3.08. The number of carboxylic acid groups (broad SMARTS) is 1. The summed E-state index contributed by atoms with van der Waals surface area (Å²) in [5.41, 5.74) is 1.18. The van der Waals surface area contributed by atoms with E-state index in [-0.39, 0.29) is 18.2 Å². The molecule has 0 saturated carbocycles. The Kier molecular flexibility index (Phi) is 2.84. The molecule has 0 aliphatic carbocycles. The lowest BCUT2D eigenvalue weighted by molar-refractivity contribution is 0.144. The zero-order chi connectivity index (χ0) is 13.7. The first-order chi connectivity index (χ1) is 8.25. The SMILES string of the molecule is CC(C)S(=O)(=O)c1nc2c(n1C)CN(C(=O)O)C2. The highest BCUT2D eigenvalue weighted by Crippen LogP contribution is 2.26. The maximum atomic E-state index is 12.1. The molecule has 0 bridgehead atoms. The van der Waals surface area contributed by atoms with Gasteiger partial charge in [0, 0.05) is 7.05 Å². The molecule has 1 N–H and O–H groups in total. The van der Waals surface area contributed by atoms with Gasteiger partial charge >= 0.3 is 6.09 Å². The van der Waals surface area contributed by atoms with Gasteiger partial charge in [0.2, 0.25) is 15.0 Å². The van der Waals surface area contributed by atoms with Gasteiger partial charge < -0.3 is 9.67 Å². The molecular formula is C10H15N3O4S. The van der Waals surface area contributed by atoms with Crippen molar-refractivity contribution in [3.63, 3.8) is 0 Å². The molecule has 2 rings (SSSR count). The molecule has 0 fully saturated rings. The summed E-state index contributed by atoms with van der Waals surface area (Å²) >= 11 is 0. The number of carbonyl (C=O) groups is 1. The number of imidazole rings is 1. The first-order valence-electron chi connectivity index (χ1n) is 5.51. The molecule has 0 unspecified atom stereocenters. The van der Waals surface area contributed by atoms with Gasteiger partial charge in [0.25, 0.3) is 0 Å². The van der Waals surface area contributed by atoms with Crippen molar-refractivity contribution < 1.29 is 18.3 Å². The minimum Gasteiger partial charge on any atom is -0.465 e. The maximum Gasteiger partial charge on any atom is 0.408 e. The minimum atomic E-state index is -3.44. The Morgan fingerprint density at radius 1 is 1.39 bits per heavy atom. The standard InChI is InChI=1S/C10H15N3O4S/c1-6(2)18(16,17)9-11-7-4-13(10(14)15)5-8(7)12(9)3/h6H,4-5H2,1-3H3,(H,14,15). The van der Waals surface area contributed by atoms with E-state index in [0.29, 0.717) is 11.4 Å². The van der Waals surface area contributed by atoms with Crippen molar-refractivity contribution in [3.05, 3.63) is 11.4 Å². The minimum absolute atomic E-state index is 0.0209. The van der Waals surface area contributed by atoms with Crippen LogP contribution < -0.4 is 0 Å². The summed E-state index contributed by atoms with van der Waals surface area (Å²) in [5, 5.41) is 8.36. The summed E-state index contributed by atoms with van der Waals surface area (Å²) in [5.74, 6) is 0. The van der Waals surface area contributed by atoms with E-state index in [9.17, 15) is 13.2 Å². The quantitative estimate of drug-likeness (QED) is 0.851. The van der Waals surface area contributed by atoms with Gasteiger partial charge in [0.15, 0.2) is 0 Å². The molecule has 1 amide bonds. The average molecular weight is 273 g/mol. The van der Waals surface area contributed by atoms with Crippen molar-refractivity contribution in [2.75, 3.05) is 0 Å². The van der Waals surface area contributed by atoms with Crippen LogP contribution in [0.25, 0.3) is 0 Å². The van der Waals surface area contributed by atoms with Crippen molar-refractivity contribution in [3.8, 4) is 0 Å². The van der Waals surface area contributed by atoms with Crippen LogP contribution in [0.2, 0.25) is 0 Å². The molecule has 0 atom stereocenters. The molecule has 1 aliphatic rings. The van der Waals surface area contributed by atoms with Crippen LogP contribution in [0.4, 0.5) is 4.79 Å². The number of hydrogen-bond acceptors (Lipinski definition) is 4. The van der Waals surface area contributed by atoms with Gasteiger partial charge in [0.05, 0.1) is 29.7 Å². The van der Waals surface area contributed by atoms with Crippen molar-refractivity contribution in [2.24, 2.45) is 7.05 Å². The number of sulfone groups is 1. The molecule has 0 spiro atoms. The van der Waals surface area contributed by atoms with Gasteiger partial charge in [-0.25, -0.2) is 18.2 Å². The second-order valence-electron chi connectivity index (χ2n) is 4.58. The lowest BCUT2D eigenvalue weighted by Gasteiger charge is -2.12. The fraction of sp³-hybridized carbons (Fsp3) is 0.600. The lowest BCUT2D eigenvalue weighted by Crippen LogP contribution is -2.25. The molecule has 0 saturated heterocycles. The van der Waals surface area contributed by atoms with Crippen molar-refractivity contribution in [1.29, 1.82) is 0 Å². The van der Waals surface area contributed by atoms with Crippen molar-refractivity contribution >= 4 is 15.9 Å². The zero-order valence-electron chi connectivity index (χ0n) is 10.4. The molecule has 7 nitrogen and oxygen atoms in total. The summed E-state index contributed by atoms with van der Waals surface area (Å²) in [4.78, 5) is 16.1. The fourth-order valence-corrected chi connectivity index (χ4v) is 3.06. The number of aromatic nitrogens is 2. The van der Waals surface area contributed by atoms with Crippen LogP contribution in [0.3, 0.4) is 0 Å². The Balaban J connectivity index is 2.43. The monoisotopic (exact) mass is 273 g/mol. The number of fused-ring (bicyclic) bond motifs is 1. The van der Waals surface area contributed by atoms with Crippen LogP contribution >= 0.6 is 0 Å².